The van der Waals surface area contributed by atoms with Crippen molar-refractivity contribution in [3.05, 3.63) is 11.4 Å². The fourth-order valence-electron chi connectivity index (χ4n) is 3.53. The van der Waals surface area contributed by atoms with Crippen LogP contribution in [0.4, 0.5) is 0 Å². The largest absolute Gasteiger partial charge is 0.388 e. The Morgan fingerprint density at radius 1 is 1.43 bits per heavy atom. The van der Waals surface area contributed by atoms with Crippen LogP contribution in [0.3, 0.4) is 0 Å². The van der Waals surface area contributed by atoms with Crippen LogP contribution in [0.1, 0.15) is 37.6 Å². The summed E-state index contributed by atoms with van der Waals surface area (Å²) >= 11 is 0. The third-order valence-electron chi connectivity index (χ3n) is 4.99. The number of aromatic nitrogens is 2. The van der Waals surface area contributed by atoms with Gasteiger partial charge in [0.15, 0.2) is 0 Å². The lowest BCUT2D eigenvalue weighted by molar-refractivity contribution is -0.174. The molecule has 0 radical (unpaired) electrons. The Hall–Kier alpha value is -1.51. The first-order valence-electron chi connectivity index (χ1n) is 8.04. The van der Waals surface area contributed by atoms with Crippen molar-refractivity contribution in [1.82, 2.24) is 20.9 Å². The number of ether oxygens (including phenoxy) is 1. The van der Waals surface area contributed by atoms with E-state index in [0.29, 0.717) is 17.8 Å². The number of aliphatic hydroxyl groups is 1. The molecule has 0 saturated carbocycles. The number of rotatable bonds is 3. The molecule has 2 aliphatic rings. The van der Waals surface area contributed by atoms with Crippen molar-refractivity contribution in [2.45, 2.75) is 56.8 Å². The molecular weight excluding hydrogens is 300 g/mol. The molecule has 1 aromatic rings. The predicted molar refractivity (Wildman–Crippen MR) is 80.7 cm³/mol. The molecule has 128 valence electrons. The Labute approximate surface area is 134 Å². The number of nitrogens with zero attached hydrogens (tertiary/aromatic N) is 2. The molecular formula is C15H24N4O4. The molecule has 0 aliphatic carbocycles. The Balaban J connectivity index is 1.68. The zero-order valence-corrected chi connectivity index (χ0v) is 13.6. The number of aryl methyl sites for hydroxylation is 1. The molecule has 8 heteroatoms. The van der Waals surface area contributed by atoms with Gasteiger partial charge in [-0.2, -0.15) is 0 Å². The van der Waals surface area contributed by atoms with E-state index >= 15 is 0 Å². The van der Waals surface area contributed by atoms with Crippen molar-refractivity contribution in [3.63, 3.8) is 0 Å². The molecule has 2 atom stereocenters. The Bertz CT molecular complexity index is 570. The number of hydrogen-bond donors (Lipinski definition) is 3. The van der Waals surface area contributed by atoms with Crippen molar-refractivity contribution in [2.75, 3.05) is 19.7 Å². The highest BCUT2D eigenvalue weighted by Crippen LogP contribution is 2.38. The fourth-order valence-corrected chi connectivity index (χ4v) is 3.53. The quantitative estimate of drug-likeness (QED) is 0.700. The van der Waals surface area contributed by atoms with Gasteiger partial charge in [-0.3, -0.25) is 4.79 Å². The molecule has 1 spiro atoms. The molecule has 23 heavy (non-hydrogen) atoms. The molecule has 0 bridgehead atoms. The summed E-state index contributed by atoms with van der Waals surface area (Å²) in [6.45, 7) is 5.65. The lowest BCUT2D eigenvalue weighted by atomic mass is 9.75. The number of nitrogens with one attached hydrogen (secondary N) is 2. The van der Waals surface area contributed by atoms with Crippen LogP contribution < -0.4 is 10.6 Å². The highest BCUT2D eigenvalue weighted by atomic mass is 16.6. The summed E-state index contributed by atoms with van der Waals surface area (Å²) in [5, 5.41) is 24.1. The molecule has 2 fully saturated rings. The van der Waals surface area contributed by atoms with E-state index < -0.39 is 11.6 Å². The summed E-state index contributed by atoms with van der Waals surface area (Å²) < 4.78 is 10.6. The van der Waals surface area contributed by atoms with E-state index in [0.717, 1.165) is 25.9 Å². The maximum Gasteiger partial charge on any atom is 0.226 e. The second-order valence-corrected chi connectivity index (χ2v) is 6.88. The number of hydrogen-bond acceptors (Lipinski definition) is 7. The Morgan fingerprint density at radius 3 is 2.83 bits per heavy atom. The topological polar surface area (TPSA) is 110 Å². The lowest BCUT2D eigenvalue weighted by Crippen LogP contribution is -2.65. The van der Waals surface area contributed by atoms with E-state index in [9.17, 15) is 9.90 Å². The summed E-state index contributed by atoms with van der Waals surface area (Å²) in [6.07, 6.45) is 1.73. The molecule has 3 N–H and O–H groups in total. The van der Waals surface area contributed by atoms with Gasteiger partial charge in [0.25, 0.3) is 0 Å². The Morgan fingerprint density at radius 2 is 2.17 bits per heavy atom. The zero-order chi connectivity index (χ0) is 16.5. The van der Waals surface area contributed by atoms with Crippen molar-refractivity contribution >= 4 is 5.91 Å². The van der Waals surface area contributed by atoms with Crippen molar-refractivity contribution in [3.8, 4) is 0 Å². The monoisotopic (exact) mass is 324 g/mol. The van der Waals surface area contributed by atoms with Gasteiger partial charge < -0.3 is 20.5 Å². The molecule has 1 aromatic heterocycles. The van der Waals surface area contributed by atoms with Crippen LogP contribution in [-0.4, -0.2) is 58.3 Å². The normalized spacial score (nSPS) is 30.3. The second kappa shape index (κ2) is 6.18. The second-order valence-electron chi connectivity index (χ2n) is 6.88. The number of carbonyl (C=O) groups excluding carboxylic acids is 1. The third-order valence-corrected chi connectivity index (χ3v) is 4.99. The van der Waals surface area contributed by atoms with Gasteiger partial charge in [-0.15, -0.1) is 0 Å². The van der Waals surface area contributed by atoms with Crippen molar-refractivity contribution < 1.29 is 19.3 Å². The average Bonchev–Trinajstić information content (AvgIpc) is 2.89. The van der Waals surface area contributed by atoms with E-state index in [1.54, 1.807) is 6.92 Å². The number of carbonyl (C=O) groups is 1. The SMILES string of the molecule is Cc1nonc1CC(=O)N[C@@]1(C)CC2(CCNCC2)OC[C@@H]1O. The van der Waals surface area contributed by atoms with Crippen molar-refractivity contribution in [1.29, 1.82) is 0 Å². The zero-order valence-electron chi connectivity index (χ0n) is 13.6. The first kappa shape index (κ1) is 16.4. The molecule has 2 aliphatic heterocycles. The van der Waals surface area contributed by atoms with Crippen LogP contribution >= 0.6 is 0 Å². The minimum Gasteiger partial charge on any atom is -0.388 e. The van der Waals surface area contributed by atoms with E-state index in [-0.39, 0.29) is 24.5 Å². The minimum absolute atomic E-state index is 0.0903. The van der Waals surface area contributed by atoms with Crippen molar-refractivity contribution in [2.24, 2.45) is 0 Å². The van der Waals surface area contributed by atoms with Gasteiger partial charge in [0.05, 0.1) is 24.2 Å². The lowest BCUT2D eigenvalue weighted by Gasteiger charge is -2.50. The highest BCUT2D eigenvalue weighted by molar-refractivity contribution is 5.79. The molecule has 8 nitrogen and oxygen atoms in total. The third kappa shape index (κ3) is 3.39. The summed E-state index contributed by atoms with van der Waals surface area (Å²) in [5.41, 5.74) is 0.146. The van der Waals surface area contributed by atoms with Gasteiger partial charge in [-0.05, 0) is 39.8 Å². The van der Waals surface area contributed by atoms with Crippen LogP contribution in [0.5, 0.6) is 0 Å². The number of amides is 1. The van der Waals surface area contributed by atoms with Crippen LogP contribution in [0.15, 0.2) is 4.63 Å². The van der Waals surface area contributed by atoms with E-state index in [1.165, 1.54) is 0 Å². The maximum absolute atomic E-state index is 12.4. The molecule has 3 rings (SSSR count). The van der Waals surface area contributed by atoms with Gasteiger partial charge in [-0.25, -0.2) is 4.63 Å². The average molecular weight is 324 g/mol. The molecule has 2 saturated heterocycles. The number of piperidine rings is 1. The first-order chi connectivity index (χ1) is 10.9. The molecule has 0 aromatic carbocycles. The summed E-state index contributed by atoms with van der Waals surface area (Å²) in [5.74, 6) is -0.198. The van der Waals surface area contributed by atoms with Gasteiger partial charge >= 0.3 is 0 Å². The Kier molecular flexibility index (Phi) is 4.39. The van der Waals surface area contributed by atoms with E-state index in [4.69, 9.17) is 4.74 Å². The molecule has 1 amide bonds. The van der Waals surface area contributed by atoms with E-state index in [2.05, 4.69) is 25.6 Å². The van der Waals surface area contributed by atoms with Crippen LogP contribution in [-0.2, 0) is 16.0 Å². The fraction of sp³-hybridized carbons (Fsp3) is 0.800. The predicted octanol–water partition coefficient (Wildman–Crippen LogP) is -0.301. The van der Waals surface area contributed by atoms with Gasteiger partial charge in [0.1, 0.15) is 17.5 Å². The molecule has 3 heterocycles. The minimum atomic E-state index is -0.733. The van der Waals surface area contributed by atoms with Crippen LogP contribution in [0.2, 0.25) is 0 Å². The summed E-state index contributed by atoms with van der Waals surface area (Å²) in [7, 11) is 0. The smallest absolute Gasteiger partial charge is 0.226 e. The number of aliphatic hydroxyl groups excluding tert-OH is 1. The first-order valence-corrected chi connectivity index (χ1v) is 8.04. The highest BCUT2D eigenvalue weighted by Gasteiger charge is 2.49. The maximum atomic E-state index is 12.4. The van der Waals surface area contributed by atoms with Gasteiger partial charge in [-0.1, -0.05) is 10.3 Å². The van der Waals surface area contributed by atoms with Gasteiger partial charge in [0, 0.05) is 6.42 Å². The summed E-state index contributed by atoms with van der Waals surface area (Å²) in [6, 6.07) is 0. The van der Waals surface area contributed by atoms with Crippen LogP contribution in [0.25, 0.3) is 0 Å². The van der Waals surface area contributed by atoms with Gasteiger partial charge in [0.2, 0.25) is 5.91 Å². The molecule has 0 unspecified atom stereocenters. The summed E-state index contributed by atoms with van der Waals surface area (Å²) in [4.78, 5) is 12.4. The van der Waals surface area contributed by atoms with E-state index in [1.807, 2.05) is 6.92 Å². The standard InChI is InChI=1S/C15H24N4O4/c1-10-11(19-23-18-10)7-13(21)17-14(2)9-15(22-8-12(14)20)3-5-16-6-4-15/h12,16,20H,3-9H2,1-2H3,(H,17,21)/t12-,14-/m0/s1. The van der Waals surface area contributed by atoms with Crippen LogP contribution in [0, 0.1) is 6.92 Å².